The summed E-state index contributed by atoms with van der Waals surface area (Å²) in [5.41, 5.74) is 4.40. The maximum absolute atomic E-state index is 6.01. The minimum atomic E-state index is 0.368. The van der Waals surface area contributed by atoms with Crippen LogP contribution in [0, 0.1) is 0 Å². The fourth-order valence-electron chi connectivity index (χ4n) is 3.78. The topological polar surface area (TPSA) is 60.2 Å². The molecule has 0 spiro atoms. The van der Waals surface area contributed by atoms with E-state index in [1.807, 2.05) is 30.3 Å². The number of hydrogen-bond acceptors (Lipinski definition) is 5. The molecule has 5 nitrogen and oxygen atoms in total. The van der Waals surface area contributed by atoms with Crippen molar-refractivity contribution < 1.29 is 9.26 Å². The quantitative estimate of drug-likeness (QED) is 0.742. The number of nitrogens with one attached hydrogen (secondary N) is 1. The van der Waals surface area contributed by atoms with Crippen LogP contribution < -0.4 is 10.1 Å². The number of benzene rings is 2. The number of fused-ring (bicyclic) bond motifs is 1. The van der Waals surface area contributed by atoms with Crippen LogP contribution in [0.4, 0.5) is 5.69 Å². The molecule has 0 saturated heterocycles. The third kappa shape index (κ3) is 2.94. The maximum Gasteiger partial charge on any atom is 0.258 e. The molecule has 1 aromatic heterocycles. The van der Waals surface area contributed by atoms with Crippen LogP contribution in [0.5, 0.6) is 5.75 Å². The molecule has 2 aliphatic rings. The summed E-state index contributed by atoms with van der Waals surface area (Å²) in [5, 5.41) is 7.51. The van der Waals surface area contributed by atoms with Gasteiger partial charge in [-0.15, -0.1) is 0 Å². The zero-order chi connectivity index (χ0) is 17.3. The van der Waals surface area contributed by atoms with Crippen molar-refractivity contribution in [2.45, 2.75) is 38.2 Å². The van der Waals surface area contributed by atoms with E-state index in [2.05, 4.69) is 27.6 Å². The molecule has 26 heavy (non-hydrogen) atoms. The average Bonchev–Trinajstić information content (AvgIpc) is 3.43. The lowest BCUT2D eigenvalue weighted by molar-refractivity contribution is 0.210. The number of ether oxygens (including phenoxy) is 1. The second-order valence-electron chi connectivity index (χ2n) is 7.02. The maximum atomic E-state index is 6.01. The SMILES string of the molecule is c1cc(-c2noc(-c3ccc4c(c3)CCN4)n2)ccc1OC1CCCC1. The van der Waals surface area contributed by atoms with Gasteiger partial charge in [0.15, 0.2) is 0 Å². The molecule has 132 valence electrons. The molecule has 5 rings (SSSR count). The molecular formula is C21H21N3O2. The third-order valence-electron chi connectivity index (χ3n) is 5.21. The predicted molar refractivity (Wildman–Crippen MR) is 100 cm³/mol. The first-order chi connectivity index (χ1) is 12.8. The third-order valence-corrected chi connectivity index (χ3v) is 5.21. The minimum Gasteiger partial charge on any atom is -0.490 e. The van der Waals surface area contributed by atoms with Gasteiger partial charge in [-0.3, -0.25) is 0 Å². The van der Waals surface area contributed by atoms with Gasteiger partial charge in [-0.05, 0) is 80.1 Å². The van der Waals surface area contributed by atoms with E-state index in [0.29, 0.717) is 17.8 Å². The Bertz CT molecular complexity index is 911. The van der Waals surface area contributed by atoms with Crippen molar-refractivity contribution in [3.63, 3.8) is 0 Å². The Hall–Kier alpha value is -2.82. The van der Waals surface area contributed by atoms with Crippen molar-refractivity contribution in [2.24, 2.45) is 0 Å². The molecule has 1 saturated carbocycles. The van der Waals surface area contributed by atoms with Gasteiger partial charge in [0, 0.05) is 23.4 Å². The molecule has 1 N–H and O–H groups in total. The van der Waals surface area contributed by atoms with Gasteiger partial charge < -0.3 is 14.6 Å². The lowest BCUT2D eigenvalue weighted by Gasteiger charge is -2.12. The van der Waals surface area contributed by atoms with Crippen LogP contribution in [0.2, 0.25) is 0 Å². The molecule has 0 amide bonds. The summed E-state index contributed by atoms with van der Waals surface area (Å²) in [6.07, 6.45) is 6.26. The molecule has 3 aromatic rings. The summed E-state index contributed by atoms with van der Waals surface area (Å²) >= 11 is 0. The second-order valence-corrected chi connectivity index (χ2v) is 7.02. The van der Waals surface area contributed by atoms with E-state index in [1.54, 1.807) is 0 Å². The Labute approximate surface area is 152 Å². The predicted octanol–water partition coefficient (Wildman–Crippen LogP) is 4.69. The van der Waals surface area contributed by atoms with Crippen molar-refractivity contribution in [1.82, 2.24) is 10.1 Å². The molecule has 2 heterocycles. The van der Waals surface area contributed by atoms with Crippen molar-refractivity contribution >= 4 is 5.69 Å². The summed E-state index contributed by atoms with van der Waals surface area (Å²) < 4.78 is 11.5. The number of rotatable bonds is 4. The van der Waals surface area contributed by atoms with Crippen LogP contribution in [0.15, 0.2) is 47.0 Å². The summed E-state index contributed by atoms with van der Waals surface area (Å²) in [5.74, 6) is 2.07. The van der Waals surface area contributed by atoms with Crippen molar-refractivity contribution in [1.29, 1.82) is 0 Å². The average molecular weight is 347 g/mol. The fourth-order valence-corrected chi connectivity index (χ4v) is 3.78. The second kappa shape index (κ2) is 6.48. The van der Waals surface area contributed by atoms with Crippen molar-refractivity contribution in [2.75, 3.05) is 11.9 Å². The van der Waals surface area contributed by atoms with Crippen LogP contribution in [0.3, 0.4) is 0 Å². The molecule has 1 fully saturated rings. The molecule has 2 aromatic carbocycles. The van der Waals surface area contributed by atoms with Crippen molar-refractivity contribution in [3.8, 4) is 28.6 Å². The fraction of sp³-hybridized carbons (Fsp3) is 0.333. The molecule has 5 heteroatoms. The molecule has 0 unspecified atom stereocenters. The van der Waals surface area contributed by atoms with Gasteiger partial charge in [-0.25, -0.2) is 0 Å². The van der Waals surface area contributed by atoms with Crippen molar-refractivity contribution in [3.05, 3.63) is 48.0 Å². The van der Waals surface area contributed by atoms with Crippen LogP contribution in [0.25, 0.3) is 22.8 Å². The first kappa shape index (κ1) is 15.4. The van der Waals surface area contributed by atoms with Crippen LogP contribution >= 0.6 is 0 Å². The van der Waals surface area contributed by atoms with E-state index in [-0.39, 0.29) is 0 Å². The van der Waals surface area contributed by atoms with E-state index in [1.165, 1.54) is 24.1 Å². The number of hydrogen-bond donors (Lipinski definition) is 1. The molecule has 1 aliphatic heterocycles. The first-order valence-corrected chi connectivity index (χ1v) is 9.33. The van der Waals surface area contributed by atoms with Gasteiger partial charge >= 0.3 is 0 Å². The van der Waals surface area contributed by atoms with E-state index in [0.717, 1.165) is 42.7 Å². The number of nitrogens with zero attached hydrogens (tertiary/aromatic N) is 2. The van der Waals surface area contributed by atoms with Crippen LogP contribution in [-0.2, 0) is 6.42 Å². The molecular weight excluding hydrogens is 326 g/mol. The summed E-state index contributed by atoms with van der Waals surface area (Å²) in [6.45, 7) is 0.989. The van der Waals surface area contributed by atoms with Gasteiger partial charge in [0.2, 0.25) is 5.82 Å². The van der Waals surface area contributed by atoms with Gasteiger partial charge in [0.05, 0.1) is 6.10 Å². The minimum absolute atomic E-state index is 0.368. The largest absolute Gasteiger partial charge is 0.490 e. The highest BCUT2D eigenvalue weighted by Gasteiger charge is 2.17. The smallest absolute Gasteiger partial charge is 0.258 e. The molecule has 0 atom stereocenters. The zero-order valence-corrected chi connectivity index (χ0v) is 14.6. The highest BCUT2D eigenvalue weighted by molar-refractivity contribution is 5.66. The normalized spacial score (nSPS) is 16.5. The van der Waals surface area contributed by atoms with Crippen LogP contribution in [-0.4, -0.2) is 22.8 Å². The standard InChI is InChI=1S/C21H21N3O2/c1-2-4-17(3-1)25-18-8-5-14(6-9-18)20-23-21(26-24-20)16-7-10-19-15(13-16)11-12-22-19/h5-10,13,17,22H,1-4,11-12H2. The molecule has 0 bridgehead atoms. The lowest BCUT2D eigenvalue weighted by Crippen LogP contribution is -2.10. The molecule has 1 aliphatic carbocycles. The van der Waals surface area contributed by atoms with Gasteiger partial charge in [-0.2, -0.15) is 4.98 Å². The Morgan fingerprint density at radius 1 is 1.00 bits per heavy atom. The highest BCUT2D eigenvalue weighted by atomic mass is 16.5. The first-order valence-electron chi connectivity index (χ1n) is 9.33. The highest BCUT2D eigenvalue weighted by Crippen LogP contribution is 2.30. The summed E-state index contributed by atoms with van der Waals surface area (Å²) in [4.78, 5) is 4.57. The number of anilines is 1. The monoisotopic (exact) mass is 347 g/mol. The van der Waals surface area contributed by atoms with Gasteiger partial charge in [-0.1, -0.05) is 5.16 Å². The Morgan fingerprint density at radius 3 is 2.65 bits per heavy atom. The zero-order valence-electron chi connectivity index (χ0n) is 14.6. The Balaban J connectivity index is 1.34. The van der Waals surface area contributed by atoms with Gasteiger partial charge in [0.25, 0.3) is 5.89 Å². The van der Waals surface area contributed by atoms with E-state index < -0.39 is 0 Å². The summed E-state index contributed by atoms with van der Waals surface area (Å²) in [6, 6.07) is 14.2. The van der Waals surface area contributed by atoms with E-state index >= 15 is 0 Å². The Morgan fingerprint density at radius 2 is 1.81 bits per heavy atom. The Kier molecular flexibility index (Phi) is 3.85. The van der Waals surface area contributed by atoms with Gasteiger partial charge in [0.1, 0.15) is 5.75 Å². The molecule has 0 radical (unpaired) electrons. The van der Waals surface area contributed by atoms with Crippen LogP contribution in [0.1, 0.15) is 31.2 Å². The lowest BCUT2D eigenvalue weighted by atomic mass is 10.1. The van der Waals surface area contributed by atoms with E-state index in [4.69, 9.17) is 9.26 Å². The number of aromatic nitrogens is 2. The summed E-state index contributed by atoms with van der Waals surface area (Å²) in [7, 11) is 0. The van der Waals surface area contributed by atoms with E-state index in [9.17, 15) is 0 Å².